The summed E-state index contributed by atoms with van der Waals surface area (Å²) in [6.45, 7) is 2.24. The summed E-state index contributed by atoms with van der Waals surface area (Å²) in [5.41, 5.74) is 0.660. The first-order valence-corrected chi connectivity index (χ1v) is 7.58. The molecule has 0 aromatic heterocycles. The largest absolute Gasteiger partial charge is 0.353 e. The summed E-state index contributed by atoms with van der Waals surface area (Å²) in [7, 11) is 0. The van der Waals surface area contributed by atoms with Gasteiger partial charge in [-0.15, -0.1) is 0 Å². The molecule has 5 heteroatoms. The van der Waals surface area contributed by atoms with Crippen LogP contribution in [0.25, 0.3) is 0 Å². The van der Waals surface area contributed by atoms with Gasteiger partial charge in [0.25, 0.3) is 0 Å². The van der Waals surface area contributed by atoms with Crippen LogP contribution in [0.15, 0.2) is 18.2 Å². The molecular weight excluding hydrogens is 274 g/mol. The van der Waals surface area contributed by atoms with Gasteiger partial charge in [0.2, 0.25) is 5.91 Å². The lowest BCUT2D eigenvalue weighted by molar-refractivity contribution is -0.123. The van der Waals surface area contributed by atoms with E-state index >= 15 is 0 Å². The molecule has 0 radical (unpaired) electrons. The lowest BCUT2D eigenvalue weighted by Gasteiger charge is -2.32. The third kappa shape index (κ3) is 4.00. The number of halogens is 2. The van der Waals surface area contributed by atoms with Gasteiger partial charge in [-0.2, -0.15) is 0 Å². The third-order valence-electron chi connectivity index (χ3n) is 4.21. The maximum Gasteiger partial charge on any atom is 0.223 e. The van der Waals surface area contributed by atoms with Gasteiger partial charge in [-0.05, 0) is 43.4 Å². The number of amides is 1. The van der Waals surface area contributed by atoms with Crippen LogP contribution in [0.2, 0.25) is 0 Å². The van der Waals surface area contributed by atoms with Gasteiger partial charge in [0.15, 0.2) is 0 Å². The van der Waals surface area contributed by atoms with Gasteiger partial charge in [0.1, 0.15) is 11.6 Å². The van der Waals surface area contributed by atoms with E-state index in [9.17, 15) is 13.6 Å². The van der Waals surface area contributed by atoms with Gasteiger partial charge in [0, 0.05) is 37.7 Å². The quantitative estimate of drug-likeness (QED) is 0.925. The first-order chi connectivity index (χ1) is 10.1. The molecule has 21 heavy (non-hydrogen) atoms. The van der Waals surface area contributed by atoms with Crippen LogP contribution in [0.3, 0.4) is 0 Å². The summed E-state index contributed by atoms with van der Waals surface area (Å²) in [5.74, 6) is -0.618. The van der Waals surface area contributed by atoms with E-state index in [4.69, 9.17) is 0 Å². The molecule has 114 valence electrons. The van der Waals surface area contributed by atoms with Crippen LogP contribution in [0.5, 0.6) is 0 Å². The van der Waals surface area contributed by atoms with Crippen molar-refractivity contribution in [3.8, 4) is 0 Å². The summed E-state index contributed by atoms with van der Waals surface area (Å²) >= 11 is 0. The molecule has 1 amide bonds. The molecule has 1 aromatic rings. The predicted molar refractivity (Wildman–Crippen MR) is 75.5 cm³/mol. The van der Waals surface area contributed by atoms with E-state index in [1.54, 1.807) is 0 Å². The van der Waals surface area contributed by atoms with Gasteiger partial charge in [-0.1, -0.05) is 0 Å². The highest BCUT2D eigenvalue weighted by molar-refractivity contribution is 5.81. The molecule has 1 heterocycles. The fourth-order valence-electron chi connectivity index (χ4n) is 2.86. The smallest absolute Gasteiger partial charge is 0.223 e. The Morgan fingerprint density at radius 1 is 1.10 bits per heavy atom. The molecule has 1 saturated heterocycles. The highest BCUT2D eigenvalue weighted by atomic mass is 19.1. The average Bonchev–Trinajstić information content (AvgIpc) is 3.24. The molecule has 3 nitrogen and oxygen atoms in total. The highest BCUT2D eigenvalue weighted by Crippen LogP contribution is 2.29. The van der Waals surface area contributed by atoms with Crippen LogP contribution in [0, 0.1) is 17.6 Å². The van der Waals surface area contributed by atoms with Gasteiger partial charge in [-0.3, -0.25) is 9.69 Å². The highest BCUT2D eigenvalue weighted by Gasteiger charge is 2.31. The second-order valence-electron chi connectivity index (χ2n) is 6.11. The standard InChI is InChI=1S/C16H20F2N2O/c17-13-7-11(8-14(18)9-13)10-20-5-3-15(4-6-20)19-16(21)12-1-2-12/h7-9,12,15H,1-6,10H2,(H,19,21). The molecule has 1 N–H and O–H groups in total. The molecule has 1 saturated carbocycles. The Hall–Kier alpha value is -1.49. The Morgan fingerprint density at radius 2 is 1.71 bits per heavy atom. The fourth-order valence-corrected chi connectivity index (χ4v) is 2.86. The minimum Gasteiger partial charge on any atom is -0.353 e. The number of piperidine rings is 1. The van der Waals surface area contributed by atoms with Crippen molar-refractivity contribution in [2.75, 3.05) is 13.1 Å². The van der Waals surface area contributed by atoms with Crippen LogP contribution in [-0.4, -0.2) is 29.9 Å². The molecule has 1 aliphatic heterocycles. The van der Waals surface area contributed by atoms with Crippen molar-refractivity contribution in [1.29, 1.82) is 0 Å². The van der Waals surface area contributed by atoms with E-state index < -0.39 is 11.6 Å². The van der Waals surface area contributed by atoms with E-state index in [0.29, 0.717) is 12.1 Å². The predicted octanol–water partition coefficient (Wildman–Crippen LogP) is 2.46. The number of likely N-dealkylation sites (tertiary alicyclic amines) is 1. The average molecular weight is 294 g/mol. The molecule has 0 bridgehead atoms. The Labute approximate surface area is 123 Å². The van der Waals surface area contributed by atoms with Crippen LogP contribution < -0.4 is 5.32 Å². The van der Waals surface area contributed by atoms with Crippen molar-refractivity contribution in [2.45, 2.75) is 38.3 Å². The van der Waals surface area contributed by atoms with Crippen LogP contribution in [0.1, 0.15) is 31.2 Å². The van der Waals surface area contributed by atoms with Crippen molar-refractivity contribution < 1.29 is 13.6 Å². The fraction of sp³-hybridized carbons (Fsp3) is 0.562. The Bertz CT molecular complexity index is 503. The monoisotopic (exact) mass is 294 g/mol. The molecule has 3 rings (SSSR count). The number of rotatable bonds is 4. The zero-order valence-corrected chi connectivity index (χ0v) is 11.9. The number of hydrogen-bond donors (Lipinski definition) is 1. The zero-order valence-electron chi connectivity index (χ0n) is 11.9. The first-order valence-electron chi connectivity index (χ1n) is 7.58. The second kappa shape index (κ2) is 6.10. The maximum atomic E-state index is 13.2. The summed E-state index contributed by atoms with van der Waals surface area (Å²) < 4.78 is 26.3. The van der Waals surface area contributed by atoms with Crippen molar-refractivity contribution in [1.82, 2.24) is 10.2 Å². The van der Waals surface area contributed by atoms with Crippen LogP contribution >= 0.6 is 0 Å². The Morgan fingerprint density at radius 3 is 2.29 bits per heavy atom. The summed E-state index contributed by atoms with van der Waals surface area (Å²) in [6.07, 6.45) is 3.85. The lowest BCUT2D eigenvalue weighted by atomic mass is 10.0. The summed E-state index contributed by atoms with van der Waals surface area (Å²) in [4.78, 5) is 13.9. The van der Waals surface area contributed by atoms with E-state index in [1.165, 1.54) is 12.1 Å². The van der Waals surface area contributed by atoms with Crippen LogP contribution in [0.4, 0.5) is 8.78 Å². The second-order valence-corrected chi connectivity index (χ2v) is 6.11. The third-order valence-corrected chi connectivity index (χ3v) is 4.21. The maximum absolute atomic E-state index is 13.2. The van der Waals surface area contributed by atoms with Gasteiger partial charge >= 0.3 is 0 Å². The summed E-state index contributed by atoms with van der Waals surface area (Å²) in [5, 5.41) is 3.10. The minimum absolute atomic E-state index is 0.195. The van der Waals surface area contributed by atoms with Crippen molar-refractivity contribution in [3.63, 3.8) is 0 Å². The SMILES string of the molecule is O=C(NC1CCN(Cc2cc(F)cc(F)c2)CC1)C1CC1. The molecule has 1 aromatic carbocycles. The molecule has 0 spiro atoms. The zero-order chi connectivity index (χ0) is 14.8. The molecule has 2 fully saturated rings. The summed E-state index contributed by atoms with van der Waals surface area (Å²) in [6, 6.07) is 3.90. The topological polar surface area (TPSA) is 32.3 Å². The van der Waals surface area contributed by atoms with Gasteiger partial charge < -0.3 is 5.32 Å². The number of hydrogen-bond acceptors (Lipinski definition) is 2. The number of nitrogens with zero attached hydrogens (tertiary/aromatic N) is 1. The normalized spacial score (nSPS) is 20.5. The molecule has 0 unspecified atom stereocenters. The lowest BCUT2D eigenvalue weighted by Crippen LogP contribution is -2.44. The molecular formula is C16H20F2N2O. The van der Waals surface area contributed by atoms with E-state index in [0.717, 1.165) is 44.8 Å². The van der Waals surface area contributed by atoms with Crippen molar-refractivity contribution >= 4 is 5.91 Å². The Kier molecular flexibility index (Phi) is 4.19. The van der Waals surface area contributed by atoms with Crippen molar-refractivity contribution in [3.05, 3.63) is 35.4 Å². The molecule has 2 aliphatic rings. The van der Waals surface area contributed by atoms with Crippen molar-refractivity contribution in [2.24, 2.45) is 5.92 Å². The number of carbonyl (C=O) groups excluding carboxylic acids is 1. The number of nitrogens with one attached hydrogen (secondary N) is 1. The number of benzene rings is 1. The van der Waals surface area contributed by atoms with E-state index in [2.05, 4.69) is 10.2 Å². The van der Waals surface area contributed by atoms with Crippen LogP contribution in [-0.2, 0) is 11.3 Å². The van der Waals surface area contributed by atoms with Gasteiger partial charge in [0.05, 0.1) is 0 Å². The Balaban J connectivity index is 1.47. The van der Waals surface area contributed by atoms with E-state index in [1.807, 2.05) is 0 Å². The number of carbonyl (C=O) groups is 1. The molecule has 0 atom stereocenters. The molecule has 1 aliphatic carbocycles. The first kappa shape index (κ1) is 14.4. The van der Waals surface area contributed by atoms with Gasteiger partial charge in [-0.25, -0.2) is 8.78 Å². The van der Waals surface area contributed by atoms with E-state index in [-0.39, 0.29) is 17.9 Å². The minimum atomic E-state index is -0.531.